The molecule has 0 rings (SSSR count). The molecule has 0 bridgehead atoms. The Bertz CT molecular complexity index is 139. The van der Waals surface area contributed by atoms with Crippen LogP contribution in [0.25, 0.3) is 0 Å². The van der Waals surface area contributed by atoms with Crippen LogP contribution in [0.1, 0.15) is 6.92 Å². The van der Waals surface area contributed by atoms with Gasteiger partial charge in [0.25, 0.3) is 5.60 Å². The molecule has 0 fully saturated rings. The summed E-state index contributed by atoms with van der Waals surface area (Å²) in [6, 6.07) is 0. The number of hydrogen-bond donors (Lipinski definition) is 0. The Labute approximate surface area is 50.5 Å². The van der Waals surface area contributed by atoms with Crippen LogP contribution in [0.2, 0.25) is 0 Å². The van der Waals surface area contributed by atoms with E-state index in [4.69, 9.17) is 0 Å². The summed E-state index contributed by atoms with van der Waals surface area (Å²) in [5.74, 6) is 1.10. The van der Waals surface area contributed by atoms with Gasteiger partial charge in [-0.15, -0.1) is 6.42 Å². The number of alkyl halides is 3. The van der Waals surface area contributed by atoms with Crippen molar-refractivity contribution in [2.45, 2.75) is 18.7 Å². The highest BCUT2D eigenvalue weighted by Crippen LogP contribution is 2.29. The molecule has 0 aliphatic heterocycles. The molecule has 0 amide bonds. The summed E-state index contributed by atoms with van der Waals surface area (Å²) in [5.41, 5.74) is -3.24. The topological polar surface area (TPSA) is 19.9 Å². The van der Waals surface area contributed by atoms with E-state index in [-0.39, 0.29) is 0 Å². The van der Waals surface area contributed by atoms with Gasteiger partial charge in [0.15, 0.2) is 0 Å². The van der Waals surface area contributed by atoms with Crippen LogP contribution in [-0.2, 0) is 5.11 Å². The molecule has 0 aromatic heterocycles. The smallest absolute Gasteiger partial charge is 0.205 e. The molecule has 0 aliphatic rings. The van der Waals surface area contributed by atoms with Gasteiger partial charge in [-0.3, -0.25) is 0 Å². The lowest BCUT2D eigenvalue weighted by Gasteiger charge is -2.16. The van der Waals surface area contributed by atoms with E-state index >= 15 is 0 Å². The highest BCUT2D eigenvalue weighted by molar-refractivity contribution is 5.08. The third-order valence-corrected chi connectivity index (χ3v) is 0.816. The summed E-state index contributed by atoms with van der Waals surface area (Å²) in [5, 5.41) is 10.1. The van der Waals surface area contributed by atoms with Crippen LogP contribution in [0.3, 0.4) is 0 Å². The first kappa shape index (κ1) is 8.31. The van der Waals surface area contributed by atoms with Gasteiger partial charge >= 0.3 is 6.18 Å². The normalized spacial score (nSPS) is 18.2. The first-order valence-electron chi connectivity index (χ1n) is 2.06. The van der Waals surface area contributed by atoms with Crippen molar-refractivity contribution in [3.63, 3.8) is 0 Å². The molecule has 0 N–H and O–H groups in total. The second kappa shape index (κ2) is 1.92. The van der Waals surface area contributed by atoms with E-state index in [2.05, 4.69) is 6.42 Å². The molecule has 4 heteroatoms. The molecule has 0 aliphatic carbocycles. The molecular formula is C5H4F3O. The van der Waals surface area contributed by atoms with Crippen molar-refractivity contribution in [1.82, 2.24) is 0 Å². The summed E-state index contributed by atoms with van der Waals surface area (Å²) in [6.07, 6.45) is -0.536. The average molecular weight is 137 g/mol. The van der Waals surface area contributed by atoms with E-state index in [0.29, 0.717) is 6.92 Å². The molecule has 1 unspecified atom stereocenters. The van der Waals surface area contributed by atoms with E-state index in [0.717, 1.165) is 5.92 Å². The number of hydrogen-bond acceptors (Lipinski definition) is 0. The molecule has 0 heterocycles. The molecule has 9 heavy (non-hydrogen) atoms. The Morgan fingerprint density at radius 1 is 1.44 bits per heavy atom. The summed E-state index contributed by atoms with van der Waals surface area (Å²) in [7, 11) is 0. The molecule has 51 valence electrons. The number of rotatable bonds is 0. The van der Waals surface area contributed by atoms with Crippen LogP contribution < -0.4 is 0 Å². The van der Waals surface area contributed by atoms with Crippen molar-refractivity contribution >= 4 is 0 Å². The number of halogens is 3. The Morgan fingerprint density at radius 3 is 1.78 bits per heavy atom. The van der Waals surface area contributed by atoms with E-state index in [9.17, 15) is 18.3 Å². The van der Waals surface area contributed by atoms with Gasteiger partial charge in [0, 0.05) is 0 Å². The third-order valence-electron chi connectivity index (χ3n) is 0.816. The van der Waals surface area contributed by atoms with Gasteiger partial charge in [-0.1, -0.05) is 5.92 Å². The average Bonchev–Trinajstić information content (AvgIpc) is 1.64. The van der Waals surface area contributed by atoms with Gasteiger partial charge in [0.2, 0.25) is 0 Å². The summed E-state index contributed by atoms with van der Waals surface area (Å²) in [6.45, 7) is 0.410. The van der Waals surface area contributed by atoms with Crippen LogP contribution in [-0.4, -0.2) is 11.8 Å². The highest BCUT2D eigenvalue weighted by Gasteiger charge is 2.50. The highest BCUT2D eigenvalue weighted by atomic mass is 19.4. The van der Waals surface area contributed by atoms with Crippen molar-refractivity contribution in [2.24, 2.45) is 0 Å². The summed E-state index contributed by atoms with van der Waals surface area (Å²) in [4.78, 5) is 0. The first-order chi connectivity index (χ1) is 3.81. The quantitative estimate of drug-likeness (QED) is 0.449. The molecule has 1 nitrogen and oxygen atoms in total. The first-order valence-corrected chi connectivity index (χ1v) is 2.06. The van der Waals surface area contributed by atoms with Crippen LogP contribution in [0.4, 0.5) is 13.2 Å². The zero-order valence-corrected chi connectivity index (χ0v) is 4.62. The van der Waals surface area contributed by atoms with E-state index in [1.54, 1.807) is 0 Å². The summed E-state index contributed by atoms with van der Waals surface area (Å²) >= 11 is 0. The maximum Gasteiger partial charge on any atom is 0.431 e. The van der Waals surface area contributed by atoms with E-state index in [1.165, 1.54) is 0 Å². The lowest BCUT2D eigenvalue weighted by molar-refractivity contribution is -0.248. The standard InChI is InChI=1S/C5H4F3O/c1-3-4(2,9)5(6,7)8/h1H,2H3. The Kier molecular flexibility index (Phi) is 1.77. The summed E-state index contributed by atoms with van der Waals surface area (Å²) < 4.78 is 34.1. The molecule has 0 saturated carbocycles. The van der Waals surface area contributed by atoms with Gasteiger partial charge in [-0.05, 0) is 6.92 Å². The fourth-order valence-electron chi connectivity index (χ4n) is 0.0818. The minimum atomic E-state index is -4.85. The van der Waals surface area contributed by atoms with Gasteiger partial charge < -0.3 is 0 Å². The molecule has 0 aromatic carbocycles. The molecule has 0 saturated heterocycles. The van der Waals surface area contributed by atoms with Crippen LogP contribution in [0.5, 0.6) is 0 Å². The number of terminal acetylenes is 1. The van der Waals surface area contributed by atoms with Gasteiger partial charge in [0.1, 0.15) is 0 Å². The van der Waals surface area contributed by atoms with E-state index in [1.807, 2.05) is 0 Å². The van der Waals surface area contributed by atoms with Crippen LogP contribution >= 0.6 is 0 Å². The molecular weight excluding hydrogens is 133 g/mol. The monoisotopic (exact) mass is 137 g/mol. The zero-order chi connectivity index (χ0) is 7.71. The van der Waals surface area contributed by atoms with Crippen molar-refractivity contribution < 1.29 is 18.3 Å². The van der Waals surface area contributed by atoms with Crippen molar-refractivity contribution in [3.8, 4) is 12.3 Å². The lowest BCUT2D eigenvalue weighted by Crippen LogP contribution is -2.38. The lowest BCUT2D eigenvalue weighted by atomic mass is 10.1. The predicted molar refractivity (Wildman–Crippen MR) is 24.0 cm³/mol. The van der Waals surface area contributed by atoms with Crippen LogP contribution in [0, 0.1) is 12.3 Å². The molecule has 1 atom stereocenters. The molecule has 0 aromatic rings. The predicted octanol–water partition coefficient (Wildman–Crippen LogP) is 1.37. The fourth-order valence-corrected chi connectivity index (χ4v) is 0.0818. The van der Waals surface area contributed by atoms with Crippen molar-refractivity contribution in [1.29, 1.82) is 0 Å². The Balaban J connectivity index is 4.39. The Hall–Kier alpha value is -0.690. The molecule has 0 spiro atoms. The van der Waals surface area contributed by atoms with Gasteiger partial charge in [-0.25, -0.2) is 5.11 Å². The van der Waals surface area contributed by atoms with Crippen molar-refractivity contribution in [3.05, 3.63) is 0 Å². The maximum absolute atomic E-state index is 11.4. The largest absolute Gasteiger partial charge is 0.431 e. The maximum atomic E-state index is 11.4. The Morgan fingerprint density at radius 2 is 1.78 bits per heavy atom. The van der Waals surface area contributed by atoms with Crippen molar-refractivity contribution in [2.75, 3.05) is 0 Å². The van der Waals surface area contributed by atoms with Gasteiger partial charge in [-0.2, -0.15) is 13.2 Å². The minimum absolute atomic E-state index is 0.410. The van der Waals surface area contributed by atoms with E-state index < -0.39 is 11.8 Å². The SMILES string of the molecule is C#CC(C)([O])C(F)(F)F. The van der Waals surface area contributed by atoms with Gasteiger partial charge in [0.05, 0.1) is 0 Å². The second-order valence-electron chi connectivity index (χ2n) is 1.68. The molecule has 1 radical (unpaired) electrons. The minimum Gasteiger partial charge on any atom is -0.205 e. The zero-order valence-electron chi connectivity index (χ0n) is 4.62. The third kappa shape index (κ3) is 1.61. The fraction of sp³-hybridized carbons (Fsp3) is 0.600. The van der Waals surface area contributed by atoms with Crippen LogP contribution in [0.15, 0.2) is 0 Å². The second-order valence-corrected chi connectivity index (χ2v) is 1.68.